The summed E-state index contributed by atoms with van der Waals surface area (Å²) in [5.74, 6) is -0.385. The summed E-state index contributed by atoms with van der Waals surface area (Å²) in [4.78, 5) is 15.0. The van der Waals surface area contributed by atoms with Crippen molar-refractivity contribution in [1.82, 2.24) is 15.0 Å². The monoisotopic (exact) mass is 307 g/mol. The molecule has 0 saturated carbocycles. The van der Waals surface area contributed by atoms with E-state index in [0.717, 1.165) is 5.69 Å². The summed E-state index contributed by atoms with van der Waals surface area (Å²) >= 11 is 0. The molecule has 0 fully saturated rings. The van der Waals surface area contributed by atoms with E-state index in [2.05, 4.69) is 15.0 Å². The first-order chi connectivity index (χ1) is 9.99. The highest BCUT2D eigenvalue weighted by Crippen LogP contribution is 2.08. The lowest BCUT2D eigenvalue weighted by molar-refractivity contribution is -0.122. The SMILES string of the molecule is CC(NS(=O)(=O)c1ccccc1)C(=O)NCc1ccc[nH]1. The molecule has 1 atom stereocenters. The summed E-state index contributed by atoms with van der Waals surface area (Å²) in [6.45, 7) is 1.83. The van der Waals surface area contributed by atoms with Crippen LogP contribution in [-0.2, 0) is 21.4 Å². The highest BCUT2D eigenvalue weighted by molar-refractivity contribution is 7.89. The van der Waals surface area contributed by atoms with E-state index in [0.29, 0.717) is 6.54 Å². The summed E-state index contributed by atoms with van der Waals surface area (Å²) in [5.41, 5.74) is 0.849. The molecule has 0 aliphatic rings. The number of carbonyl (C=O) groups is 1. The second-order valence-electron chi connectivity index (χ2n) is 4.57. The predicted octanol–water partition coefficient (Wildman–Crippen LogP) is 0.998. The van der Waals surface area contributed by atoms with Gasteiger partial charge in [0.15, 0.2) is 0 Å². The minimum atomic E-state index is -3.70. The largest absolute Gasteiger partial charge is 0.364 e. The van der Waals surface area contributed by atoms with Crippen LogP contribution in [0.25, 0.3) is 0 Å². The zero-order valence-corrected chi connectivity index (χ0v) is 12.4. The molecule has 1 aromatic carbocycles. The molecule has 7 heteroatoms. The van der Waals surface area contributed by atoms with Crippen molar-refractivity contribution >= 4 is 15.9 Å². The van der Waals surface area contributed by atoms with Crippen molar-refractivity contribution in [2.75, 3.05) is 0 Å². The van der Waals surface area contributed by atoms with Crippen molar-refractivity contribution in [2.45, 2.75) is 24.4 Å². The Morgan fingerprint density at radius 2 is 1.90 bits per heavy atom. The van der Waals surface area contributed by atoms with Crippen LogP contribution in [0.15, 0.2) is 53.6 Å². The Balaban J connectivity index is 1.94. The minimum absolute atomic E-state index is 0.133. The van der Waals surface area contributed by atoms with Gasteiger partial charge in [0.1, 0.15) is 0 Å². The Morgan fingerprint density at radius 3 is 2.52 bits per heavy atom. The highest BCUT2D eigenvalue weighted by Gasteiger charge is 2.21. The molecule has 21 heavy (non-hydrogen) atoms. The number of rotatable bonds is 6. The number of aromatic nitrogens is 1. The fourth-order valence-corrected chi connectivity index (χ4v) is 2.99. The molecule has 0 aliphatic carbocycles. The maximum absolute atomic E-state index is 12.1. The van der Waals surface area contributed by atoms with Gasteiger partial charge in [-0.3, -0.25) is 4.79 Å². The van der Waals surface area contributed by atoms with Gasteiger partial charge in [0.25, 0.3) is 0 Å². The Labute approximate surface area is 123 Å². The highest BCUT2D eigenvalue weighted by atomic mass is 32.2. The van der Waals surface area contributed by atoms with Crippen LogP contribution in [-0.4, -0.2) is 25.4 Å². The van der Waals surface area contributed by atoms with Crippen molar-refractivity contribution in [1.29, 1.82) is 0 Å². The third kappa shape index (κ3) is 4.17. The van der Waals surface area contributed by atoms with E-state index in [-0.39, 0.29) is 10.8 Å². The molecule has 1 aromatic heterocycles. The second-order valence-corrected chi connectivity index (χ2v) is 6.28. The van der Waals surface area contributed by atoms with E-state index in [1.54, 1.807) is 24.4 Å². The molecule has 1 amide bonds. The fraction of sp³-hybridized carbons (Fsp3) is 0.214. The van der Waals surface area contributed by atoms with Gasteiger partial charge in [-0.1, -0.05) is 18.2 Å². The van der Waals surface area contributed by atoms with E-state index in [9.17, 15) is 13.2 Å². The van der Waals surface area contributed by atoms with Gasteiger partial charge >= 0.3 is 0 Å². The molecule has 2 rings (SSSR count). The first-order valence-electron chi connectivity index (χ1n) is 6.46. The summed E-state index contributed by atoms with van der Waals surface area (Å²) in [6, 6.07) is 10.7. The number of hydrogen-bond acceptors (Lipinski definition) is 3. The van der Waals surface area contributed by atoms with Gasteiger partial charge in [0.2, 0.25) is 15.9 Å². The maximum Gasteiger partial charge on any atom is 0.241 e. The first-order valence-corrected chi connectivity index (χ1v) is 7.95. The van der Waals surface area contributed by atoms with E-state index < -0.39 is 16.1 Å². The zero-order valence-electron chi connectivity index (χ0n) is 11.5. The number of amides is 1. The second kappa shape index (κ2) is 6.55. The fourth-order valence-electron chi connectivity index (χ4n) is 1.77. The molecule has 0 spiro atoms. The molecule has 1 unspecified atom stereocenters. The number of H-pyrrole nitrogens is 1. The smallest absolute Gasteiger partial charge is 0.241 e. The van der Waals surface area contributed by atoms with Crippen molar-refractivity contribution in [3.05, 3.63) is 54.4 Å². The van der Waals surface area contributed by atoms with E-state index >= 15 is 0 Å². The van der Waals surface area contributed by atoms with Crippen LogP contribution in [0.5, 0.6) is 0 Å². The van der Waals surface area contributed by atoms with Gasteiger partial charge in [-0.05, 0) is 31.2 Å². The van der Waals surface area contributed by atoms with Crippen LogP contribution in [0.4, 0.5) is 0 Å². The molecule has 112 valence electrons. The van der Waals surface area contributed by atoms with Crippen molar-refractivity contribution in [2.24, 2.45) is 0 Å². The van der Waals surface area contributed by atoms with Crippen LogP contribution in [0.1, 0.15) is 12.6 Å². The molecule has 0 saturated heterocycles. The van der Waals surface area contributed by atoms with Crippen molar-refractivity contribution in [3.63, 3.8) is 0 Å². The standard InChI is InChI=1S/C14H17N3O3S/c1-11(14(18)16-10-12-6-5-9-15-12)17-21(19,20)13-7-3-2-4-8-13/h2-9,11,15,17H,10H2,1H3,(H,16,18). The number of carbonyl (C=O) groups excluding carboxylic acids is 1. The molecule has 6 nitrogen and oxygen atoms in total. The molecule has 0 aliphatic heterocycles. The van der Waals surface area contributed by atoms with E-state index in [4.69, 9.17) is 0 Å². The van der Waals surface area contributed by atoms with E-state index in [1.807, 2.05) is 12.1 Å². The number of sulfonamides is 1. The lowest BCUT2D eigenvalue weighted by Crippen LogP contribution is -2.44. The Kier molecular flexibility index (Phi) is 4.77. The maximum atomic E-state index is 12.1. The predicted molar refractivity (Wildman–Crippen MR) is 78.9 cm³/mol. The van der Waals surface area contributed by atoms with Crippen LogP contribution in [0.3, 0.4) is 0 Å². The molecule has 1 heterocycles. The van der Waals surface area contributed by atoms with Gasteiger partial charge in [-0.2, -0.15) is 4.72 Å². The summed E-state index contributed by atoms with van der Waals surface area (Å²) < 4.78 is 26.5. The summed E-state index contributed by atoms with van der Waals surface area (Å²) in [5, 5.41) is 2.66. The zero-order chi connectivity index (χ0) is 15.3. The third-order valence-corrected chi connectivity index (χ3v) is 4.45. The molecular weight excluding hydrogens is 290 g/mol. The summed E-state index contributed by atoms with van der Waals surface area (Å²) in [7, 11) is -3.70. The van der Waals surface area contributed by atoms with Gasteiger partial charge in [0.05, 0.1) is 17.5 Å². The lowest BCUT2D eigenvalue weighted by atomic mass is 10.3. The summed E-state index contributed by atoms with van der Waals surface area (Å²) in [6.07, 6.45) is 1.75. The Bertz CT molecular complexity index is 682. The average Bonchev–Trinajstić information content (AvgIpc) is 2.98. The van der Waals surface area contributed by atoms with E-state index in [1.165, 1.54) is 19.1 Å². The number of benzene rings is 1. The van der Waals surface area contributed by atoms with Gasteiger partial charge in [0, 0.05) is 11.9 Å². The average molecular weight is 307 g/mol. The molecule has 2 aromatic rings. The Morgan fingerprint density at radius 1 is 1.19 bits per heavy atom. The minimum Gasteiger partial charge on any atom is -0.364 e. The van der Waals surface area contributed by atoms with Crippen LogP contribution in [0.2, 0.25) is 0 Å². The van der Waals surface area contributed by atoms with Gasteiger partial charge in [-0.25, -0.2) is 8.42 Å². The number of aromatic amines is 1. The lowest BCUT2D eigenvalue weighted by Gasteiger charge is -2.14. The topological polar surface area (TPSA) is 91.1 Å². The first kappa shape index (κ1) is 15.3. The molecule has 0 radical (unpaired) electrons. The van der Waals surface area contributed by atoms with Crippen molar-refractivity contribution in [3.8, 4) is 0 Å². The molecule has 0 bridgehead atoms. The van der Waals surface area contributed by atoms with Gasteiger partial charge in [-0.15, -0.1) is 0 Å². The van der Waals surface area contributed by atoms with Crippen LogP contribution in [0, 0.1) is 0 Å². The van der Waals surface area contributed by atoms with Crippen molar-refractivity contribution < 1.29 is 13.2 Å². The normalized spacial score (nSPS) is 12.8. The van der Waals surface area contributed by atoms with Gasteiger partial charge < -0.3 is 10.3 Å². The number of nitrogens with one attached hydrogen (secondary N) is 3. The third-order valence-electron chi connectivity index (χ3n) is 2.89. The number of hydrogen-bond donors (Lipinski definition) is 3. The molecule has 3 N–H and O–H groups in total. The van der Waals surface area contributed by atoms with Crippen LogP contribution >= 0.6 is 0 Å². The quantitative estimate of drug-likeness (QED) is 0.743. The Hall–Kier alpha value is -2.12. The molecular formula is C14H17N3O3S. The van der Waals surface area contributed by atoms with Crippen LogP contribution < -0.4 is 10.0 Å².